The van der Waals surface area contributed by atoms with Crippen molar-refractivity contribution in [2.24, 2.45) is 7.05 Å². The second-order valence-electron chi connectivity index (χ2n) is 7.13. The lowest BCUT2D eigenvalue weighted by molar-refractivity contribution is 0.109. The Morgan fingerprint density at radius 3 is 2.33 bits per heavy atom. The van der Waals surface area contributed by atoms with Gasteiger partial charge in [0.2, 0.25) is 10.0 Å². The summed E-state index contributed by atoms with van der Waals surface area (Å²) < 4.78 is 42.9. The highest BCUT2D eigenvalue weighted by molar-refractivity contribution is 7.88. The molecule has 1 saturated heterocycles. The Morgan fingerprint density at radius 1 is 1.07 bits per heavy atom. The van der Waals surface area contributed by atoms with E-state index >= 15 is 0 Å². The minimum Gasteiger partial charge on any atom is -0.353 e. The van der Waals surface area contributed by atoms with E-state index < -0.39 is 10.0 Å². The first-order valence-electron chi connectivity index (χ1n) is 9.10. The van der Waals surface area contributed by atoms with E-state index in [4.69, 9.17) is 0 Å². The van der Waals surface area contributed by atoms with Crippen LogP contribution in [-0.2, 0) is 22.8 Å². The monoisotopic (exact) mass is 394 g/mol. The van der Waals surface area contributed by atoms with Crippen molar-refractivity contribution >= 4 is 10.0 Å². The molecular weight excluding hydrogens is 367 g/mol. The molecular formula is C19H27FN4O2S. The van der Waals surface area contributed by atoms with Crippen LogP contribution >= 0.6 is 0 Å². The van der Waals surface area contributed by atoms with E-state index in [1.807, 2.05) is 29.9 Å². The first kappa shape index (κ1) is 20.0. The number of nitrogens with one attached hydrogen (secondary N) is 1. The van der Waals surface area contributed by atoms with E-state index in [1.54, 1.807) is 0 Å². The molecule has 0 amide bonds. The zero-order valence-electron chi connectivity index (χ0n) is 15.8. The van der Waals surface area contributed by atoms with E-state index in [2.05, 4.69) is 21.6 Å². The third-order valence-electron chi connectivity index (χ3n) is 5.07. The molecule has 1 unspecified atom stereocenters. The van der Waals surface area contributed by atoms with E-state index in [9.17, 15) is 12.8 Å². The number of benzene rings is 1. The van der Waals surface area contributed by atoms with Gasteiger partial charge in [0, 0.05) is 51.7 Å². The van der Waals surface area contributed by atoms with Crippen LogP contribution in [0.1, 0.15) is 17.3 Å². The third-order valence-corrected chi connectivity index (χ3v) is 6.39. The van der Waals surface area contributed by atoms with Crippen molar-refractivity contribution in [3.8, 4) is 0 Å². The lowest BCUT2D eigenvalue weighted by atomic mass is 10.1. The van der Waals surface area contributed by atoms with Gasteiger partial charge in [0.1, 0.15) is 5.82 Å². The molecule has 0 bridgehead atoms. The average Bonchev–Trinajstić information content (AvgIpc) is 3.04. The van der Waals surface area contributed by atoms with Gasteiger partial charge in [-0.1, -0.05) is 12.1 Å². The summed E-state index contributed by atoms with van der Waals surface area (Å²) >= 11 is 0. The summed E-state index contributed by atoms with van der Waals surface area (Å²) in [7, 11) is 0.560. The lowest BCUT2D eigenvalue weighted by Gasteiger charge is -2.38. The Hall–Kier alpha value is -1.74. The van der Waals surface area contributed by atoms with Crippen LogP contribution in [0, 0.1) is 5.82 Å². The van der Waals surface area contributed by atoms with E-state index in [1.165, 1.54) is 24.3 Å². The van der Waals surface area contributed by atoms with Crippen LogP contribution in [0.4, 0.5) is 4.39 Å². The number of hydrogen-bond acceptors (Lipinski definition) is 4. The molecule has 0 aliphatic carbocycles. The summed E-state index contributed by atoms with van der Waals surface area (Å²) in [6.07, 6.45) is 1.98. The Balaban J connectivity index is 1.70. The molecule has 8 heteroatoms. The summed E-state index contributed by atoms with van der Waals surface area (Å²) in [6, 6.07) is 9.56. The molecule has 1 aromatic carbocycles. The minimum absolute atomic E-state index is 0.0262. The number of hydrogen-bond donors (Lipinski definition) is 1. The SMILES string of the molecule is CN1CCN(C(CNS(=O)(=O)Cc2ccc(F)cc2)c2cccn2C)CC1. The highest BCUT2D eigenvalue weighted by atomic mass is 32.2. The lowest BCUT2D eigenvalue weighted by Crippen LogP contribution is -2.49. The van der Waals surface area contributed by atoms with Crippen LogP contribution in [0.25, 0.3) is 0 Å². The molecule has 3 rings (SSSR count). The van der Waals surface area contributed by atoms with Crippen LogP contribution in [0.2, 0.25) is 0 Å². The number of nitrogens with zero attached hydrogens (tertiary/aromatic N) is 3. The van der Waals surface area contributed by atoms with Gasteiger partial charge in [-0.3, -0.25) is 4.90 Å². The summed E-state index contributed by atoms with van der Waals surface area (Å²) in [5.74, 6) is -0.529. The van der Waals surface area contributed by atoms with E-state index in [0.29, 0.717) is 12.1 Å². The van der Waals surface area contributed by atoms with Gasteiger partial charge in [0.05, 0.1) is 11.8 Å². The number of sulfonamides is 1. The molecule has 0 radical (unpaired) electrons. The molecule has 0 saturated carbocycles. The zero-order chi connectivity index (χ0) is 19.4. The van der Waals surface area contributed by atoms with Gasteiger partial charge in [0.15, 0.2) is 0 Å². The fourth-order valence-electron chi connectivity index (χ4n) is 3.43. The molecule has 1 aromatic heterocycles. The highest BCUT2D eigenvalue weighted by Gasteiger charge is 2.27. The molecule has 1 N–H and O–H groups in total. The maximum atomic E-state index is 13.0. The number of halogens is 1. The topological polar surface area (TPSA) is 57.6 Å². The van der Waals surface area contributed by atoms with Gasteiger partial charge in [-0.2, -0.15) is 0 Å². The minimum atomic E-state index is -3.51. The Kier molecular flexibility index (Phi) is 6.31. The standard InChI is InChI=1S/C19H27FN4O2S/c1-22-10-12-24(13-11-22)19(18-4-3-9-23(18)2)14-21-27(25,26)15-16-5-7-17(20)8-6-16/h3-9,19,21H,10-15H2,1-2H3. The van der Waals surface area contributed by atoms with Crippen LogP contribution < -0.4 is 4.72 Å². The Labute approximate surface area is 160 Å². The maximum Gasteiger partial charge on any atom is 0.215 e. The molecule has 1 aliphatic rings. The molecule has 1 atom stereocenters. The Bertz CT molecular complexity index is 843. The van der Waals surface area contributed by atoms with Gasteiger partial charge in [0.25, 0.3) is 0 Å². The zero-order valence-corrected chi connectivity index (χ0v) is 16.6. The van der Waals surface area contributed by atoms with Crippen molar-refractivity contribution in [1.82, 2.24) is 19.1 Å². The summed E-state index contributed by atoms with van der Waals surface area (Å²) in [5, 5.41) is 0. The Morgan fingerprint density at radius 2 is 1.74 bits per heavy atom. The van der Waals surface area contributed by atoms with Gasteiger partial charge in [-0.25, -0.2) is 17.5 Å². The first-order chi connectivity index (χ1) is 12.8. The number of likely N-dealkylation sites (N-methyl/N-ethyl adjacent to an activating group) is 1. The van der Waals surface area contributed by atoms with Crippen molar-refractivity contribution in [2.75, 3.05) is 39.8 Å². The van der Waals surface area contributed by atoms with Crippen molar-refractivity contribution in [2.45, 2.75) is 11.8 Å². The molecule has 1 aliphatic heterocycles. The molecule has 6 nitrogen and oxygen atoms in total. The van der Waals surface area contributed by atoms with Crippen molar-refractivity contribution in [3.05, 3.63) is 59.7 Å². The fraction of sp³-hybridized carbons (Fsp3) is 0.474. The van der Waals surface area contributed by atoms with Gasteiger partial charge in [-0.05, 0) is 36.9 Å². The van der Waals surface area contributed by atoms with Crippen LogP contribution in [0.3, 0.4) is 0 Å². The van der Waals surface area contributed by atoms with Crippen LogP contribution in [-0.4, -0.2) is 62.6 Å². The average molecular weight is 395 g/mol. The predicted octanol–water partition coefficient (Wildman–Crippen LogP) is 1.57. The summed E-state index contributed by atoms with van der Waals surface area (Å²) in [5.41, 5.74) is 1.66. The maximum absolute atomic E-state index is 13.0. The molecule has 2 aromatic rings. The highest BCUT2D eigenvalue weighted by Crippen LogP contribution is 2.22. The van der Waals surface area contributed by atoms with Gasteiger partial charge in [-0.15, -0.1) is 0 Å². The summed E-state index contributed by atoms with van der Waals surface area (Å²) in [6.45, 7) is 4.02. The molecule has 2 heterocycles. The second kappa shape index (κ2) is 8.52. The quantitative estimate of drug-likeness (QED) is 0.775. The normalized spacial score (nSPS) is 17.9. The summed E-state index contributed by atoms with van der Waals surface area (Å²) in [4.78, 5) is 4.60. The number of aryl methyl sites for hydroxylation is 1. The van der Waals surface area contributed by atoms with Crippen molar-refractivity contribution in [1.29, 1.82) is 0 Å². The van der Waals surface area contributed by atoms with Crippen molar-refractivity contribution in [3.63, 3.8) is 0 Å². The van der Waals surface area contributed by atoms with Crippen LogP contribution in [0.15, 0.2) is 42.6 Å². The molecule has 0 spiro atoms. The first-order valence-corrected chi connectivity index (χ1v) is 10.7. The predicted molar refractivity (Wildman–Crippen MR) is 104 cm³/mol. The van der Waals surface area contributed by atoms with E-state index in [-0.39, 0.29) is 17.6 Å². The molecule has 27 heavy (non-hydrogen) atoms. The number of rotatable bonds is 7. The molecule has 1 fully saturated rings. The molecule has 148 valence electrons. The van der Waals surface area contributed by atoms with E-state index in [0.717, 1.165) is 31.9 Å². The number of piperazine rings is 1. The van der Waals surface area contributed by atoms with Gasteiger partial charge >= 0.3 is 0 Å². The largest absolute Gasteiger partial charge is 0.353 e. The number of aromatic nitrogens is 1. The second-order valence-corrected chi connectivity index (χ2v) is 8.94. The fourth-order valence-corrected chi connectivity index (χ4v) is 4.58. The smallest absolute Gasteiger partial charge is 0.215 e. The van der Waals surface area contributed by atoms with Crippen LogP contribution in [0.5, 0.6) is 0 Å². The third kappa shape index (κ3) is 5.38. The van der Waals surface area contributed by atoms with Crippen molar-refractivity contribution < 1.29 is 12.8 Å². The van der Waals surface area contributed by atoms with Gasteiger partial charge < -0.3 is 9.47 Å².